The molecule has 6 bridgehead atoms. The quantitative estimate of drug-likeness (QED) is 0.165. The van der Waals surface area contributed by atoms with Gasteiger partial charge < -0.3 is 23.8 Å². The third-order valence-electron chi connectivity index (χ3n) is 9.17. The molecule has 1 fully saturated rings. The first-order valence-electron chi connectivity index (χ1n) is 16.9. The number of benzene rings is 2. The van der Waals surface area contributed by atoms with Crippen LogP contribution in [0.1, 0.15) is 70.4 Å². The summed E-state index contributed by atoms with van der Waals surface area (Å²) < 4.78 is 26.5. The normalized spacial score (nSPS) is 21.4. The fraction of sp³-hybridized carbons (Fsp3) is 0.462. The zero-order valence-electron chi connectivity index (χ0n) is 29.5. The molecule has 0 saturated carbocycles. The van der Waals surface area contributed by atoms with Gasteiger partial charge in [0.15, 0.2) is 11.8 Å². The molecule has 3 aliphatic rings. The van der Waals surface area contributed by atoms with Gasteiger partial charge in [0.1, 0.15) is 11.6 Å². The molecule has 9 heteroatoms. The molecule has 0 amide bonds. The number of carbonyl (C=O) groups excluding carboxylic acids is 1. The van der Waals surface area contributed by atoms with E-state index in [-0.39, 0.29) is 11.5 Å². The minimum atomic E-state index is -0.986. The predicted octanol–water partition coefficient (Wildman–Crippen LogP) is 7.67. The molecule has 9 nitrogen and oxygen atoms in total. The van der Waals surface area contributed by atoms with E-state index in [0.29, 0.717) is 43.2 Å². The Balaban J connectivity index is 1.55. The van der Waals surface area contributed by atoms with Crippen molar-refractivity contribution < 1.29 is 23.7 Å². The summed E-state index contributed by atoms with van der Waals surface area (Å²) in [5, 5.41) is 5.17. The molecule has 3 aliphatic heterocycles. The van der Waals surface area contributed by atoms with E-state index in [0.717, 1.165) is 52.4 Å². The highest BCUT2D eigenvalue weighted by Gasteiger charge is 2.38. The van der Waals surface area contributed by atoms with Crippen LogP contribution in [0, 0.1) is 19.8 Å². The van der Waals surface area contributed by atoms with Crippen molar-refractivity contribution in [2.45, 2.75) is 78.6 Å². The van der Waals surface area contributed by atoms with Crippen molar-refractivity contribution >= 4 is 17.4 Å². The highest BCUT2D eigenvalue weighted by Crippen LogP contribution is 2.39. The maximum atomic E-state index is 13.4. The van der Waals surface area contributed by atoms with Crippen LogP contribution in [0.4, 0.5) is 5.82 Å². The molecule has 254 valence electrons. The van der Waals surface area contributed by atoms with E-state index in [2.05, 4.69) is 80.3 Å². The molecule has 4 aromatic rings. The van der Waals surface area contributed by atoms with Gasteiger partial charge in [-0.25, -0.2) is 9.78 Å². The number of fused-ring (bicyclic) bond motifs is 7. The summed E-state index contributed by atoms with van der Waals surface area (Å²) in [6, 6.07) is 16.7. The van der Waals surface area contributed by atoms with Crippen LogP contribution >= 0.6 is 0 Å². The summed E-state index contributed by atoms with van der Waals surface area (Å²) in [5.74, 6) is 1.37. The molecule has 0 spiro atoms. The number of rotatable bonds is 3. The topological polar surface area (TPSA) is 87.4 Å². The maximum Gasteiger partial charge on any atom is 0.339 e. The Morgan fingerprint density at radius 2 is 1.81 bits per heavy atom. The second kappa shape index (κ2) is 13.4. The van der Waals surface area contributed by atoms with E-state index >= 15 is 0 Å². The van der Waals surface area contributed by atoms with Crippen molar-refractivity contribution in [3.05, 3.63) is 77.5 Å². The molecule has 1 saturated heterocycles. The third kappa shape index (κ3) is 7.12. The minimum Gasteiger partial charge on any atom is -0.492 e. The lowest BCUT2D eigenvalue weighted by Crippen LogP contribution is -2.45. The smallest absolute Gasteiger partial charge is 0.339 e. The Morgan fingerprint density at radius 3 is 2.54 bits per heavy atom. The maximum absolute atomic E-state index is 13.4. The van der Waals surface area contributed by atoms with Gasteiger partial charge in [0.25, 0.3) is 0 Å². The lowest BCUT2D eigenvalue weighted by atomic mass is 9.92. The summed E-state index contributed by atoms with van der Waals surface area (Å²) in [6.45, 7) is 16.7. The van der Waals surface area contributed by atoms with Gasteiger partial charge in [0, 0.05) is 41.9 Å². The zero-order valence-corrected chi connectivity index (χ0v) is 29.5. The zero-order chi connectivity index (χ0) is 34.2. The molecule has 2 atom stereocenters. The van der Waals surface area contributed by atoms with Crippen LogP contribution in [0.25, 0.3) is 28.0 Å². The van der Waals surface area contributed by atoms with Crippen molar-refractivity contribution in [1.82, 2.24) is 14.6 Å². The molecule has 0 aliphatic carbocycles. The second-order valence-electron chi connectivity index (χ2n) is 14.4. The van der Waals surface area contributed by atoms with Gasteiger partial charge in [0.05, 0.1) is 42.8 Å². The van der Waals surface area contributed by atoms with E-state index in [1.807, 2.05) is 38.3 Å². The number of anilines is 1. The molecular formula is C39H48N4O5. The number of aromatic nitrogens is 3. The molecule has 0 radical (unpaired) electrons. The molecule has 5 heterocycles. The van der Waals surface area contributed by atoms with E-state index in [9.17, 15) is 4.79 Å². The Bertz CT molecular complexity index is 1830. The van der Waals surface area contributed by atoms with Crippen molar-refractivity contribution in [3.63, 3.8) is 0 Å². The van der Waals surface area contributed by atoms with E-state index < -0.39 is 17.7 Å². The van der Waals surface area contributed by atoms with Crippen LogP contribution in [-0.4, -0.2) is 65.2 Å². The fourth-order valence-electron chi connectivity index (χ4n) is 6.54. The van der Waals surface area contributed by atoms with Crippen molar-refractivity contribution in [1.29, 1.82) is 0 Å². The number of aryl methyl sites for hydroxylation is 2. The SMILES string of the molecule is COC(=O)[C@@H](OC(C)(C)C)c1c(C)nc2cc3nn2c1N1CCC(C)(CC1)OC/C=C/C(C)COc1ccc(C)cc1-c1cccc-3c1. The summed E-state index contributed by atoms with van der Waals surface area (Å²) in [4.78, 5) is 20.7. The average molecular weight is 653 g/mol. The first-order chi connectivity index (χ1) is 22.8. The number of ether oxygens (including phenoxy) is 4. The summed E-state index contributed by atoms with van der Waals surface area (Å²) in [6.07, 6.45) is 4.90. The van der Waals surface area contributed by atoms with Gasteiger partial charge in [-0.3, -0.25) is 0 Å². The van der Waals surface area contributed by atoms with Crippen LogP contribution in [0.3, 0.4) is 0 Å². The Morgan fingerprint density at radius 1 is 1.06 bits per heavy atom. The Hall–Kier alpha value is -4.21. The van der Waals surface area contributed by atoms with Crippen molar-refractivity contribution in [2.75, 3.05) is 38.3 Å². The molecule has 2 aromatic carbocycles. The largest absolute Gasteiger partial charge is 0.492 e. The van der Waals surface area contributed by atoms with E-state index in [1.54, 1.807) is 0 Å². The number of piperidine rings is 1. The monoisotopic (exact) mass is 652 g/mol. The highest BCUT2D eigenvalue weighted by atomic mass is 16.6. The molecule has 2 aromatic heterocycles. The molecule has 48 heavy (non-hydrogen) atoms. The number of hydrogen-bond donors (Lipinski definition) is 0. The second-order valence-corrected chi connectivity index (χ2v) is 14.4. The predicted molar refractivity (Wildman–Crippen MR) is 189 cm³/mol. The van der Waals surface area contributed by atoms with Gasteiger partial charge in [-0.1, -0.05) is 48.9 Å². The lowest BCUT2D eigenvalue weighted by Gasteiger charge is -2.41. The Labute approximate surface area is 283 Å². The molecule has 0 N–H and O–H groups in total. The first-order valence-corrected chi connectivity index (χ1v) is 16.9. The average Bonchev–Trinajstić information content (AvgIpc) is 3.47. The van der Waals surface area contributed by atoms with Gasteiger partial charge in [-0.2, -0.15) is 9.61 Å². The van der Waals surface area contributed by atoms with E-state index in [4.69, 9.17) is 29.0 Å². The number of esters is 1. The van der Waals surface area contributed by atoms with Crippen LogP contribution in [0.5, 0.6) is 5.75 Å². The van der Waals surface area contributed by atoms with E-state index in [1.165, 1.54) is 7.11 Å². The van der Waals surface area contributed by atoms with Gasteiger partial charge in [-0.05, 0) is 78.1 Å². The van der Waals surface area contributed by atoms with Gasteiger partial charge >= 0.3 is 5.97 Å². The van der Waals surface area contributed by atoms with Gasteiger partial charge in [-0.15, -0.1) is 0 Å². The first kappa shape index (κ1) is 33.7. The number of methoxy groups -OCH3 is 1. The Kier molecular flexibility index (Phi) is 9.37. The summed E-state index contributed by atoms with van der Waals surface area (Å²) in [7, 11) is 1.39. The summed E-state index contributed by atoms with van der Waals surface area (Å²) in [5.41, 5.74) is 6.11. The molecular weight excluding hydrogens is 604 g/mol. The van der Waals surface area contributed by atoms with Crippen LogP contribution in [-0.2, 0) is 19.0 Å². The van der Waals surface area contributed by atoms with Crippen molar-refractivity contribution in [3.8, 4) is 28.1 Å². The van der Waals surface area contributed by atoms with Crippen LogP contribution in [0.15, 0.2) is 60.7 Å². The number of hydrogen-bond acceptors (Lipinski definition) is 8. The molecule has 7 rings (SSSR count). The summed E-state index contributed by atoms with van der Waals surface area (Å²) >= 11 is 0. The van der Waals surface area contributed by atoms with Crippen molar-refractivity contribution in [2.24, 2.45) is 5.92 Å². The van der Waals surface area contributed by atoms with Crippen LogP contribution < -0.4 is 9.64 Å². The molecule has 1 unspecified atom stereocenters. The third-order valence-corrected chi connectivity index (χ3v) is 9.17. The number of nitrogens with zero attached hydrogens (tertiary/aromatic N) is 4. The minimum absolute atomic E-state index is 0.214. The van der Waals surface area contributed by atoms with Gasteiger partial charge in [0.2, 0.25) is 0 Å². The van der Waals surface area contributed by atoms with Crippen LogP contribution in [0.2, 0.25) is 0 Å². The number of carbonyl (C=O) groups is 1. The fourth-order valence-corrected chi connectivity index (χ4v) is 6.54. The highest BCUT2D eigenvalue weighted by molar-refractivity contribution is 5.81. The lowest BCUT2D eigenvalue weighted by molar-refractivity contribution is -0.164. The standard InChI is InChI=1S/C39H48N4O5/c1-25-14-15-32-30(21-25)28-12-9-13-29(22-28)31-23-33-40-27(3)34(35(37(44)45-8)48-38(4,5)6)36(43(33)41-31)42-18-16-39(7,17-19-42)47-20-10-11-26(2)24-46-32/h9-15,21-23,26,35H,16-20,24H2,1-8H3/b11-10+/t26?,35-/m0/s1.